The van der Waals surface area contributed by atoms with Crippen molar-refractivity contribution in [3.8, 4) is 0 Å². The van der Waals surface area contributed by atoms with Crippen molar-refractivity contribution >= 4 is 17.0 Å². The maximum absolute atomic E-state index is 11.5. The molecule has 2 unspecified atom stereocenters. The Morgan fingerprint density at radius 3 is 2.70 bits per heavy atom. The molecule has 1 fully saturated rings. The summed E-state index contributed by atoms with van der Waals surface area (Å²) in [6.07, 6.45) is 5.62. The van der Waals surface area contributed by atoms with Crippen molar-refractivity contribution in [3.05, 3.63) is 29.6 Å². The lowest BCUT2D eigenvalue weighted by molar-refractivity contribution is -0.144. The summed E-state index contributed by atoms with van der Waals surface area (Å²) in [6, 6.07) is 4.25. The fourth-order valence-electron chi connectivity index (χ4n) is 3.28. The summed E-state index contributed by atoms with van der Waals surface area (Å²) in [7, 11) is 0. The van der Waals surface area contributed by atoms with Crippen molar-refractivity contribution < 1.29 is 9.90 Å². The Morgan fingerprint density at radius 2 is 1.95 bits per heavy atom. The van der Waals surface area contributed by atoms with E-state index in [0.717, 1.165) is 36.7 Å². The van der Waals surface area contributed by atoms with Gasteiger partial charge in [-0.3, -0.25) is 4.79 Å². The zero-order valence-corrected chi connectivity index (χ0v) is 12.0. The van der Waals surface area contributed by atoms with Gasteiger partial charge in [-0.15, -0.1) is 0 Å². The molecule has 0 amide bonds. The molecule has 1 aromatic heterocycles. The van der Waals surface area contributed by atoms with Gasteiger partial charge in [0, 0.05) is 6.04 Å². The van der Waals surface area contributed by atoms with Crippen molar-refractivity contribution in [1.82, 2.24) is 9.55 Å². The number of rotatable bonds is 2. The van der Waals surface area contributed by atoms with Gasteiger partial charge in [0.1, 0.15) is 0 Å². The Bertz CT molecular complexity index is 660. The highest BCUT2D eigenvalue weighted by Crippen LogP contribution is 2.36. The summed E-state index contributed by atoms with van der Waals surface area (Å²) in [5, 5.41) is 9.44. The quantitative estimate of drug-likeness (QED) is 0.910. The Morgan fingerprint density at radius 1 is 1.25 bits per heavy atom. The number of carboxylic acids is 1. The molecular formula is C16H20N2O2. The molecule has 1 saturated carbocycles. The minimum absolute atomic E-state index is 0.0355. The highest BCUT2D eigenvalue weighted by atomic mass is 16.4. The van der Waals surface area contributed by atoms with Crippen molar-refractivity contribution in [2.24, 2.45) is 5.92 Å². The molecule has 1 heterocycles. The second-order valence-corrected chi connectivity index (χ2v) is 5.87. The van der Waals surface area contributed by atoms with Gasteiger partial charge in [0.25, 0.3) is 0 Å². The van der Waals surface area contributed by atoms with E-state index in [1.165, 1.54) is 11.1 Å². The van der Waals surface area contributed by atoms with Crippen LogP contribution in [0.15, 0.2) is 18.5 Å². The molecule has 0 bridgehead atoms. The standard InChI is InChI=1S/C16H20N2O2/c1-10-7-13-15(8-11(10)2)18(9-17-13)14-6-4-3-5-12(14)16(19)20/h7-9,12,14H,3-6H2,1-2H3,(H,19,20). The molecule has 0 spiro atoms. The molecule has 0 saturated heterocycles. The van der Waals surface area contributed by atoms with Gasteiger partial charge in [-0.1, -0.05) is 12.8 Å². The molecule has 1 aromatic carbocycles. The average molecular weight is 272 g/mol. The van der Waals surface area contributed by atoms with E-state index in [2.05, 4.69) is 35.5 Å². The third-order valence-electron chi connectivity index (χ3n) is 4.59. The van der Waals surface area contributed by atoms with Crippen LogP contribution in [-0.2, 0) is 4.79 Å². The van der Waals surface area contributed by atoms with Gasteiger partial charge in [0.2, 0.25) is 0 Å². The highest BCUT2D eigenvalue weighted by Gasteiger charge is 2.32. The van der Waals surface area contributed by atoms with E-state index < -0.39 is 5.97 Å². The number of hydrogen-bond acceptors (Lipinski definition) is 2. The maximum Gasteiger partial charge on any atom is 0.308 e. The smallest absolute Gasteiger partial charge is 0.308 e. The van der Waals surface area contributed by atoms with Gasteiger partial charge in [-0.25, -0.2) is 4.98 Å². The number of benzene rings is 1. The first-order chi connectivity index (χ1) is 9.58. The number of fused-ring (bicyclic) bond motifs is 1. The fourth-order valence-corrected chi connectivity index (χ4v) is 3.28. The van der Waals surface area contributed by atoms with Crippen molar-refractivity contribution in [2.45, 2.75) is 45.6 Å². The molecule has 20 heavy (non-hydrogen) atoms. The molecule has 1 N–H and O–H groups in total. The molecule has 2 aromatic rings. The van der Waals surface area contributed by atoms with Gasteiger partial charge >= 0.3 is 5.97 Å². The summed E-state index contributed by atoms with van der Waals surface area (Å²) in [6.45, 7) is 4.16. The predicted molar refractivity (Wildman–Crippen MR) is 77.8 cm³/mol. The number of nitrogens with zero attached hydrogens (tertiary/aromatic N) is 2. The number of aliphatic carboxylic acids is 1. The average Bonchev–Trinajstić information content (AvgIpc) is 2.82. The van der Waals surface area contributed by atoms with Crippen LogP contribution in [0.1, 0.15) is 42.9 Å². The zero-order valence-electron chi connectivity index (χ0n) is 12.0. The topological polar surface area (TPSA) is 55.1 Å². The summed E-state index contributed by atoms with van der Waals surface area (Å²) in [5.74, 6) is -0.969. The number of aromatic nitrogens is 2. The van der Waals surface area contributed by atoms with Crippen molar-refractivity contribution in [2.75, 3.05) is 0 Å². The summed E-state index contributed by atoms with van der Waals surface area (Å²) < 4.78 is 2.08. The normalized spacial score (nSPS) is 23.1. The van der Waals surface area contributed by atoms with Gasteiger partial charge in [0.15, 0.2) is 0 Å². The van der Waals surface area contributed by atoms with Crippen LogP contribution in [0.5, 0.6) is 0 Å². The lowest BCUT2D eigenvalue weighted by Crippen LogP contribution is -2.29. The number of aryl methyl sites for hydroxylation is 2. The molecule has 1 aliphatic carbocycles. The van der Waals surface area contributed by atoms with E-state index in [9.17, 15) is 9.90 Å². The molecule has 106 valence electrons. The monoisotopic (exact) mass is 272 g/mol. The van der Waals surface area contributed by atoms with E-state index in [0.29, 0.717) is 0 Å². The minimum atomic E-state index is -0.680. The first-order valence-electron chi connectivity index (χ1n) is 7.24. The maximum atomic E-state index is 11.5. The van der Waals surface area contributed by atoms with E-state index in [1.54, 1.807) is 0 Å². The number of carbonyl (C=O) groups is 1. The van der Waals surface area contributed by atoms with Crippen molar-refractivity contribution in [3.63, 3.8) is 0 Å². The number of imidazole rings is 1. The fraction of sp³-hybridized carbons (Fsp3) is 0.500. The van der Waals surface area contributed by atoms with Crippen LogP contribution in [0.3, 0.4) is 0 Å². The van der Waals surface area contributed by atoms with Gasteiger partial charge in [-0.2, -0.15) is 0 Å². The summed E-state index contributed by atoms with van der Waals surface area (Å²) >= 11 is 0. The van der Waals surface area contributed by atoms with Crippen LogP contribution in [0, 0.1) is 19.8 Å². The lowest BCUT2D eigenvalue weighted by Gasteiger charge is -2.30. The Labute approximate surface area is 118 Å². The Balaban J connectivity index is 2.08. The van der Waals surface area contributed by atoms with Crippen molar-refractivity contribution in [1.29, 1.82) is 0 Å². The third-order valence-corrected chi connectivity index (χ3v) is 4.59. The molecule has 3 rings (SSSR count). The molecule has 4 nitrogen and oxygen atoms in total. The molecular weight excluding hydrogens is 252 g/mol. The highest BCUT2D eigenvalue weighted by molar-refractivity contribution is 5.78. The van der Waals surface area contributed by atoms with E-state index in [-0.39, 0.29) is 12.0 Å². The van der Waals surface area contributed by atoms with Gasteiger partial charge in [-0.05, 0) is 49.9 Å². The second-order valence-electron chi connectivity index (χ2n) is 5.87. The molecule has 2 atom stereocenters. The molecule has 4 heteroatoms. The second kappa shape index (κ2) is 4.93. The predicted octanol–water partition coefficient (Wildman–Crippen LogP) is 3.47. The van der Waals surface area contributed by atoms with Crippen LogP contribution in [0.2, 0.25) is 0 Å². The zero-order chi connectivity index (χ0) is 14.3. The first-order valence-corrected chi connectivity index (χ1v) is 7.24. The van der Waals surface area contributed by atoms with Gasteiger partial charge in [0.05, 0.1) is 23.3 Å². The van der Waals surface area contributed by atoms with Crippen LogP contribution < -0.4 is 0 Å². The number of hydrogen-bond donors (Lipinski definition) is 1. The van der Waals surface area contributed by atoms with Crippen LogP contribution in [0.4, 0.5) is 0 Å². The lowest BCUT2D eigenvalue weighted by atomic mass is 9.84. The Kier molecular flexibility index (Phi) is 3.24. The molecule has 0 radical (unpaired) electrons. The van der Waals surface area contributed by atoms with E-state index in [1.807, 2.05) is 6.33 Å². The summed E-state index contributed by atoms with van der Waals surface area (Å²) in [5.41, 5.74) is 4.47. The number of carboxylic acid groups (broad SMARTS) is 1. The molecule has 1 aliphatic rings. The minimum Gasteiger partial charge on any atom is -0.481 e. The summed E-state index contributed by atoms with van der Waals surface area (Å²) in [4.78, 5) is 15.9. The van der Waals surface area contributed by atoms with Crippen LogP contribution in [0.25, 0.3) is 11.0 Å². The first kappa shape index (κ1) is 13.2. The Hall–Kier alpha value is -1.84. The van der Waals surface area contributed by atoms with E-state index >= 15 is 0 Å². The largest absolute Gasteiger partial charge is 0.481 e. The third kappa shape index (κ3) is 2.09. The van der Waals surface area contributed by atoms with E-state index in [4.69, 9.17) is 0 Å². The van der Waals surface area contributed by atoms with Gasteiger partial charge < -0.3 is 9.67 Å². The SMILES string of the molecule is Cc1cc2ncn(C3CCCCC3C(=O)O)c2cc1C. The molecule has 0 aliphatic heterocycles. The van der Waals surface area contributed by atoms with Crippen LogP contribution >= 0.6 is 0 Å². The van der Waals surface area contributed by atoms with Crippen LogP contribution in [-0.4, -0.2) is 20.6 Å².